The molecule has 0 aliphatic carbocycles. The lowest BCUT2D eigenvalue weighted by molar-refractivity contribution is -0.174. The number of nitrogens with one attached hydrogen (secondary N) is 1. The van der Waals surface area contributed by atoms with Crippen LogP contribution in [0, 0.1) is 0 Å². The van der Waals surface area contributed by atoms with E-state index in [0.29, 0.717) is 6.42 Å². The summed E-state index contributed by atoms with van der Waals surface area (Å²) in [7, 11) is 0. The van der Waals surface area contributed by atoms with Gasteiger partial charge in [0.1, 0.15) is 0 Å². The molecule has 1 amide bonds. The van der Waals surface area contributed by atoms with Crippen LogP contribution in [0.15, 0.2) is 12.2 Å². The molecule has 0 saturated heterocycles. The first-order valence-electron chi connectivity index (χ1n) is 5.42. The molecule has 2 nitrogen and oxygen atoms in total. The van der Waals surface area contributed by atoms with E-state index in [1.165, 1.54) is 0 Å². The lowest BCUT2D eigenvalue weighted by Gasteiger charge is -2.16. The second-order valence-corrected chi connectivity index (χ2v) is 3.60. The summed E-state index contributed by atoms with van der Waals surface area (Å²) < 4.78 is 36.0. The van der Waals surface area contributed by atoms with Crippen molar-refractivity contribution in [2.24, 2.45) is 0 Å². The van der Waals surface area contributed by atoms with Crippen molar-refractivity contribution in [1.82, 2.24) is 5.32 Å². The van der Waals surface area contributed by atoms with E-state index in [2.05, 4.69) is 0 Å². The number of hydrogen-bond donors (Lipinski definition) is 1. The molecule has 0 spiro atoms. The maximum Gasteiger partial charge on any atom is 0.471 e. The van der Waals surface area contributed by atoms with Crippen LogP contribution in [0.2, 0.25) is 0 Å². The van der Waals surface area contributed by atoms with E-state index in [1.807, 2.05) is 12.2 Å². The zero-order valence-electron chi connectivity index (χ0n) is 9.60. The molecule has 16 heavy (non-hydrogen) atoms. The average molecular weight is 237 g/mol. The third-order valence-corrected chi connectivity index (χ3v) is 2.12. The topological polar surface area (TPSA) is 29.1 Å². The number of allylic oxidation sites excluding steroid dienone is 1. The summed E-state index contributed by atoms with van der Waals surface area (Å²) in [5, 5.41) is 1.97. The summed E-state index contributed by atoms with van der Waals surface area (Å²) in [4.78, 5) is 10.7. The number of rotatable bonds is 6. The van der Waals surface area contributed by atoms with Crippen molar-refractivity contribution in [3.8, 4) is 0 Å². The van der Waals surface area contributed by atoms with Gasteiger partial charge in [0, 0.05) is 6.04 Å². The Hall–Kier alpha value is -1.00. The molecular weight excluding hydrogens is 219 g/mol. The molecule has 0 fully saturated rings. The van der Waals surface area contributed by atoms with Crippen molar-refractivity contribution in [3.05, 3.63) is 12.2 Å². The van der Waals surface area contributed by atoms with Crippen LogP contribution in [0.1, 0.15) is 39.5 Å². The fraction of sp³-hybridized carbons (Fsp3) is 0.727. The maximum absolute atomic E-state index is 12.0. The number of alkyl halides is 3. The minimum absolute atomic E-state index is 0.523. The Morgan fingerprint density at radius 2 is 2.00 bits per heavy atom. The third-order valence-electron chi connectivity index (χ3n) is 2.12. The molecule has 0 bridgehead atoms. The van der Waals surface area contributed by atoms with Gasteiger partial charge in [-0.1, -0.05) is 38.3 Å². The molecule has 94 valence electrons. The molecule has 0 heterocycles. The molecular formula is C11H18F3NO. The average Bonchev–Trinajstić information content (AvgIpc) is 2.16. The molecule has 5 heteroatoms. The Labute approximate surface area is 93.9 Å². The van der Waals surface area contributed by atoms with Crippen LogP contribution in [0.25, 0.3) is 0 Å². The first-order chi connectivity index (χ1) is 7.41. The lowest BCUT2D eigenvalue weighted by Crippen LogP contribution is -2.42. The van der Waals surface area contributed by atoms with Crippen molar-refractivity contribution in [3.63, 3.8) is 0 Å². The highest BCUT2D eigenvalue weighted by Gasteiger charge is 2.39. The van der Waals surface area contributed by atoms with Gasteiger partial charge in [0.25, 0.3) is 0 Å². The Kier molecular flexibility index (Phi) is 6.85. The Balaban J connectivity index is 4.17. The van der Waals surface area contributed by atoms with Crippen LogP contribution >= 0.6 is 0 Å². The van der Waals surface area contributed by atoms with E-state index in [4.69, 9.17) is 0 Å². The summed E-state index contributed by atoms with van der Waals surface area (Å²) >= 11 is 0. The molecule has 1 atom stereocenters. The highest BCUT2D eigenvalue weighted by atomic mass is 19.4. The minimum Gasteiger partial charge on any atom is -0.342 e. The van der Waals surface area contributed by atoms with Gasteiger partial charge in [0.05, 0.1) is 0 Å². The van der Waals surface area contributed by atoms with Crippen LogP contribution in [-0.2, 0) is 4.79 Å². The summed E-state index contributed by atoms with van der Waals surface area (Å²) in [6.07, 6.45) is 1.73. The monoisotopic (exact) mass is 237 g/mol. The molecule has 0 rings (SSSR count). The van der Waals surface area contributed by atoms with Crippen LogP contribution in [0.4, 0.5) is 13.2 Å². The summed E-state index contributed by atoms with van der Waals surface area (Å²) in [5.74, 6) is -1.87. The smallest absolute Gasteiger partial charge is 0.342 e. The fourth-order valence-corrected chi connectivity index (χ4v) is 1.31. The quantitative estimate of drug-likeness (QED) is 0.558. The van der Waals surface area contributed by atoms with Gasteiger partial charge in [0.15, 0.2) is 0 Å². The van der Waals surface area contributed by atoms with Crippen molar-refractivity contribution in [1.29, 1.82) is 0 Å². The molecule has 0 aromatic heterocycles. The predicted molar refractivity (Wildman–Crippen MR) is 56.9 cm³/mol. The zero-order valence-corrected chi connectivity index (χ0v) is 9.60. The Morgan fingerprint density at radius 1 is 1.38 bits per heavy atom. The van der Waals surface area contributed by atoms with Gasteiger partial charge in [-0.3, -0.25) is 4.79 Å². The van der Waals surface area contributed by atoms with Crippen molar-refractivity contribution >= 4 is 5.91 Å². The number of carbonyl (C=O) groups excluding carboxylic acids is 1. The number of unbranched alkanes of at least 4 members (excludes halogenated alkanes) is 2. The van der Waals surface area contributed by atoms with Gasteiger partial charge < -0.3 is 5.32 Å². The van der Waals surface area contributed by atoms with Crippen LogP contribution < -0.4 is 5.32 Å². The highest BCUT2D eigenvalue weighted by molar-refractivity contribution is 5.82. The minimum atomic E-state index is -4.80. The van der Waals surface area contributed by atoms with E-state index in [1.54, 1.807) is 19.1 Å². The van der Waals surface area contributed by atoms with E-state index in [9.17, 15) is 18.0 Å². The van der Waals surface area contributed by atoms with Gasteiger partial charge in [0.2, 0.25) is 0 Å². The second-order valence-electron chi connectivity index (χ2n) is 3.60. The van der Waals surface area contributed by atoms with Gasteiger partial charge in [-0.25, -0.2) is 0 Å². The third kappa shape index (κ3) is 6.48. The molecule has 0 aliphatic rings. The van der Waals surface area contributed by atoms with Gasteiger partial charge in [-0.2, -0.15) is 13.2 Å². The number of carbonyl (C=O) groups is 1. The number of hydrogen-bond acceptors (Lipinski definition) is 1. The van der Waals surface area contributed by atoms with Crippen LogP contribution in [0.3, 0.4) is 0 Å². The first kappa shape index (κ1) is 15.0. The van der Waals surface area contributed by atoms with Crippen LogP contribution in [-0.4, -0.2) is 18.1 Å². The summed E-state index contributed by atoms with van der Waals surface area (Å²) in [6.45, 7) is 3.73. The summed E-state index contributed by atoms with van der Waals surface area (Å²) in [5.41, 5.74) is 0. The second kappa shape index (κ2) is 7.30. The van der Waals surface area contributed by atoms with E-state index < -0.39 is 18.1 Å². The molecule has 0 aromatic rings. The predicted octanol–water partition coefficient (Wildman–Crippen LogP) is 3.19. The van der Waals surface area contributed by atoms with Crippen molar-refractivity contribution in [2.75, 3.05) is 0 Å². The maximum atomic E-state index is 12.0. The van der Waals surface area contributed by atoms with Gasteiger partial charge in [-0.05, 0) is 13.3 Å². The van der Waals surface area contributed by atoms with E-state index in [-0.39, 0.29) is 0 Å². The molecule has 0 radical (unpaired) electrons. The molecule has 0 aromatic carbocycles. The Morgan fingerprint density at radius 3 is 2.44 bits per heavy atom. The number of amides is 1. The summed E-state index contributed by atoms with van der Waals surface area (Å²) in [6, 6.07) is -0.523. The van der Waals surface area contributed by atoms with E-state index >= 15 is 0 Å². The van der Waals surface area contributed by atoms with Crippen molar-refractivity contribution in [2.45, 2.75) is 51.7 Å². The normalized spacial score (nSPS) is 14.1. The molecule has 0 aliphatic heterocycles. The number of halogens is 3. The van der Waals surface area contributed by atoms with E-state index in [0.717, 1.165) is 19.3 Å². The Bertz CT molecular complexity index is 236. The van der Waals surface area contributed by atoms with Crippen LogP contribution in [0.5, 0.6) is 0 Å². The van der Waals surface area contributed by atoms with Gasteiger partial charge in [-0.15, -0.1) is 0 Å². The largest absolute Gasteiger partial charge is 0.471 e. The standard InChI is InChI=1S/C11H18F3NO/c1-3-5-6-8-9(7-4-2)15-10(16)11(12,13)14/h4,7,9H,3,5-6,8H2,1-2H3,(H,15,16)/b7-4-/t9-/m1/s1. The first-order valence-corrected chi connectivity index (χ1v) is 5.42. The lowest BCUT2D eigenvalue weighted by atomic mass is 10.1. The highest BCUT2D eigenvalue weighted by Crippen LogP contribution is 2.15. The molecule has 0 saturated carbocycles. The SMILES string of the molecule is C/C=C\[C@H](CCCCC)NC(=O)C(F)(F)F. The zero-order chi connectivity index (χ0) is 12.6. The molecule has 1 N–H and O–H groups in total. The molecule has 0 unspecified atom stereocenters. The van der Waals surface area contributed by atoms with Gasteiger partial charge >= 0.3 is 12.1 Å². The van der Waals surface area contributed by atoms with Crippen molar-refractivity contribution < 1.29 is 18.0 Å². The fourth-order valence-electron chi connectivity index (χ4n) is 1.31.